The molecule has 1 aromatic carbocycles. The lowest BCUT2D eigenvalue weighted by Crippen LogP contribution is -2.16. The van der Waals surface area contributed by atoms with Crippen molar-refractivity contribution in [2.45, 2.75) is 6.92 Å². The molecule has 0 saturated heterocycles. The van der Waals surface area contributed by atoms with Crippen LogP contribution in [0.25, 0.3) is 0 Å². The van der Waals surface area contributed by atoms with E-state index in [0.717, 1.165) is 11.3 Å². The predicted octanol–water partition coefficient (Wildman–Crippen LogP) is 2.17. The molecule has 0 spiro atoms. The summed E-state index contributed by atoms with van der Waals surface area (Å²) >= 11 is 0. The Balaban J connectivity index is 2.19. The minimum Gasteiger partial charge on any atom is -0.347 e. The normalized spacial score (nSPS) is 16.2. The third kappa shape index (κ3) is 2.10. The standard InChI is InChI=1S/C11H11N3O/c1-8-7-12-11(15)10(8)14-13-9-5-3-2-4-6-9/h2-6H,7H2,1H3,(H,12,15). The molecule has 0 aliphatic carbocycles. The molecule has 1 aliphatic heterocycles. The molecule has 0 fully saturated rings. The highest BCUT2D eigenvalue weighted by atomic mass is 16.2. The quantitative estimate of drug-likeness (QED) is 0.732. The fourth-order valence-electron chi connectivity index (χ4n) is 1.31. The molecule has 76 valence electrons. The summed E-state index contributed by atoms with van der Waals surface area (Å²) in [5.41, 5.74) is 2.11. The van der Waals surface area contributed by atoms with Gasteiger partial charge in [-0.05, 0) is 24.6 Å². The second-order valence-electron chi connectivity index (χ2n) is 3.35. The van der Waals surface area contributed by atoms with Crippen molar-refractivity contribution in [3.8, 4) is 0 Å². The number of nitrogens with one attached hydrogen (secondary N) is 1. The van der Waals surface area contributed by atoms with Crippen molar-refractivity contribution in [3.05, 3.63) is 41.6 Å². The maximum absolute atomic E-state index is 11.3. The van der Waals surface area contributed by atoms with E-state index in [1.807, 2.05) is 37.3 Å². The lowest BCUT2D eigenvalue weighted by molar-refractivity contribution is -0.116. The molecule has 0 atom stereocenters. The van der Waals surface area contributed by atoms with Gasteiger partial charge >= 0.3 is 0 Å². The van der Waals surface area contributed by atoms with Crippen molar-refractivity contribution < 1.29 is 4.79 Å². The van der Waals surface area contributed by atoms with Gasteiger partial charge in [0.1, 0.15) is 0 Å². The van der Waals surface area contributed by atoms with Crippen LogP contribution in [0.1, 0.15) is 6.92 Å². The second kappa shape index (κ2) is 4.04. The molecule has 1 aromatic rings. The molecule has 1 N–H and O–H groups in total. The molecule has 0 radical (unpaired) electrons. The number of carbonyl (C=O) groups is 1. The monoisotopic (exact) mass is 201 g/mol. The molecule has 2 rings (SSSR count). The van der Waals surface area contributed by atoms with Gasteiger partial charge in [-0.2, -0.15) is 5.11 Å². The SMILES string of the molecule is CC1=C(N=Nc2ccccc2)C(=O)NC1. The molecule has 0 aromatic heterocycles. The average molecular weight is 201 g/mol. The smallest absolute Gasteiger partial charge is 0.272 e. The molecule has 0 saturated carbocycles. The molecular formula is C11H11N3O. The van der Waals surface area contributed by atoms with E-state index in [4.69, 9.17) is 0 Å². The number of hydrogen-bond donors (Lipinski definition) is 1. The van der Waals surface area contributed by atoms with Gasteiger partial charge in [0, 0.05) is 6.54 Å². The first-order valence-electron chi connectivity index (χ1n) is 4.72. The fourth-order valence-corrected chi connectivity index (χ4v) is 1.31. The van der Waals surface area contributed by atoms with E-state index in [-0.39, 0.29) is 5.91 Å². The van der Waals surface area contributed by atoms with Gasteiger partial charge in [0.2, 0.25) is 0 Å². The van der Waals surface area contributed by atoms with Gasteiger partial charge in [0.25, 0.3) is 5.91 Å². The number of nitrogens with zero attached hydrogens (tertiary/aromatic N) is 2. The van der Waals surface area contributed by atoms with Gasteiger partial charge in [-0.15, -0.1) is 5.11 Å². The molecular weight excluding hydrogens is 190 g/mol. The Bertz CT molecular complexity index is 434. The van der Waals surface area contributed by atoms with Crippen LogP contribution in [0.4, 0.5) is 5.69 Å². The van der Waals surface area contributed by atoms with Crippen molar-refractivity contribution in [3.63, 3.8) is 0 Å². The van der Waals surface area contributed by atoms with Crippen molar-refractivity contribution in [2.75, 3.05) is 6.54 Å². The van der Waals surface area contributed by atoms with Gasteiger partial charge in [0.05, 0.1) is 5.69 Å². The number of rotatable bonds is 2. The first-order chi connectivity index (χ1) is 7.27. The molecule has 1 amide bonds. The Kier molecular flexibility index (Phi) is 2.58. The van der Waals surface area contributed by atoms with Crippen LogP contribution in [0.15, 0.2) is 51.8 Å². The maximum atomic E-state index is 11.3. The third-order valence-corrected chi connectivity index (χ3v) is 2.16. The summed E-state index contributed by atoms with van der Waals surface area (Å²) in [5.74, 6) is -0.146. The highest BCUT2D eigenvalue weighted by molar-refractivity contribution is 5.96. The lowest BCUT2D eigenvalue weighted by atomic mass is 10.3. The Morgan fingerprint density at radius 3 is 2.53 bits per heavy atom. The zero-order valence-electron chi connectivity index (χ0n) is 8.40. The van der Waals surface area contributed by atoms with Crippen LogP contribution in [0, 0.1) is 0 Å². The highest BCUT2D eigenvalue weighted by Gasteiger charge is 2.18. The van der Waals surface area contributed by atoms with E-state index in [9.17, 15) is 4.79 Å². The average Bonchev–Trinajstić information content (AvgIpc) is 2.58. The van der Waals surface area contributed by atoms with Crippen LogP contribution >= 0.6 is 0 Å². The number of benzene rings is 1. The van der Waals surface area contributed by atoms with Gasteiger partial charge in [-0.3, -0.25) is 4.79 Å². The molecule has 4 nitrogen and oxygen atoms in total. The van der Waals surface area contributed by atoms with Crippen molar-refractivity contribution in [2.24, 2.45) is 10.2 Å². The van der Waals surface area contributed by atoms with E-state index in [0.29, 0.717) is 12.2 Å². The molecule has 1 heterocycles. The summed E-state index contributed by atoms with van der Waals surface area (Å²) in [5, 5.41) is 10.6. The second-order valence-corrected chi connectivity index (χ2v) is 3.35. The molecule has 4 heteroatoms. The molecule has 1 aliphatic rings. The molecule has 0 unspecified atom stereocenters. The van der Waals surface area contributed by atoms with Gasteiger partial charge in [0.15, 0.2) is 5.70 Å². The van der Waals surface area contributed by atoms with Crippen LogP contribution in [0.5, 0.6) is 0 Å². The minimum absolute atomic E-state index is 0.146. The number of azo groups is 1. The first-order valence-corrected chi connectivity index (χ1v) is 4.72. The largest absolute Gasteiger partial charge is 0.347 e. The Morgan fingerprint density at radius 2 is 1.93 bits per heavy atom. The van der Waals surface area contributed by atoms with Gasteiger partial charge < -0.3 is 5.32 Å². The molecule has 15 heavy (non-hydrogen) atoms. The Morgan fingerprint density at radius 1 is 1.20 bits per heavy atom. The summed E-state index contributed by atoms with van der Waals surface area (Å²) in [6.07, 6.45) is 0. The zero-order valence-corrected chi connectivity index (χ0v) is 8.40. The molecule has 0 bridgehead atoms. The van der Waals surface area contributed by atoms with E-state index < -0.39 is 0 Å². The van der Waals surface area contributed by atoms with E-state index in [1.54, 1.807) is 0 Å². The Hall–Kier alpha value is -1.97. The van der Waals surface area contributed by atoms with Crippen molar-refractivity contribution >= 4 is 11.6 Å². The topological polar surface area (TPSA) is 53.8 Å². The third-order valence-electron chi connectivity index (χ3n) is 2.16. The summed E-state index contributed by atoms with van der Waals surface area (Å²) in [6, 6.07) is 9.35. The van der Waals surface area contributed by atoms with Crippen LogP contribution in [0.2, 0.25) is 0 Å². The number of carbonyl (C=O) groups excluding carboxylic acids is 1. The van der Waals surface area contributed by atoms with Crippen molar-refractivity contribution in [1.29, 1.82) is 0 Å². The van der Waals surface area contributed by atoms with E-state index in [1.165, 1.54) is 0 Å². The van der Waals surface area contributed by atoms with Crippen LogP contribution in [-0.2, 0) is 4.79 Å². The van der Waals surface area contributed by atoms with E-state index in [2.05, 4.69) is 15.5 Å². The number of hydrogen-bond acceptors (Lipinski definition) is 3. The summed E-state index contributed by atoms with van der Waals surface area (Å²) in [6.45, 7) is 2.44. The lowest BCUT2D eigenvalue weighted by Gasteiger charge is -1.92. The predicted molar refractivity (Wildman–Crippen MR) is 56.7 cm³/mol. The van der Waals surface area contributed by atoms with Gasteiger partial charge in [-0.1, -0.05) is 18.2 Å². The zero-order chi connectivity index (χ0) is 10.7. The summed E-state index contributed by atoms with van der Waals surface area (Å²) < 4.78 is 0. The fraction of sp³-hybridized carbons (Fsp3) is 0.182. The summed E-state index contributed by atoms with van der Waals surface area (Å²) in [7, 11) is 0. The van der Waals surface area contributed by atoms with Crippen molar-refractivity contribution in [1.82, 2.24) is 5.32 Å². The minimum atomic E-state index is -0.146. The first kappa shape index (κ1) is 9.58. The highest BCUT2D eigenvalue weighted by Crippen LogP contribution is 2.16. The van der Waals surface area contributed by atoms with E-state index >= 15 is 0 Å². The van der Waals surface area contributed by atoms with Crippen LogP contribution in [-0.4, -0.2) is 12.5 Å². The number of amides is 1. The van der Waals surface area contributed by atoms with Crippen LogP contribution in [0.3, 0.4) is 0 Å². The Labute approximate surface area is 87.7 Å². The summed E-state index contributed by atoms with van der Waals surface area (Å²) in [4.78, 5) is 11.3. The van der Waals surface area contributed by atoms with Gasteiger partial charge in [-0.25, -0.2) is 0 Å². The maximum Gasteiger partial charge on any atom is 0.272 e. The van der Waals surface area contributed by atoms with Crippen LogP contribution < -0.4 is 5.32 Å².